The first-order valence-electron chi connectivity index (χ1n) is 6.56. The van der Waals surface area contributed by atoms with E-state index in [4.69, 9.17) is 9.47 Å². The van der Waals surface area contributed by atoms with E-state index >= 15 is 0 Å². The van der Waals surface area contributed by atoms with Crippen LogP contribution in [0.3, 0.4) is 0 Å². The Morgan fingerprint density at radius 3 is 2.48 bits per heavy atom. The van der Waals surface area contributed by atoms with Crippen molar-refractivity contribution in [1.29, 1.82) is 0 Å². The molecule has 6 heteroatoms. The van der Waals surface area contributed by atoms with Gasteiger partial charge in [0, 0.05) is 6.42 Å². The van der Waals surface area contributed by atoms with Crippen LogP contribution in [-0.2, 0) is 23.8 Å². The number of carbonyl (C=O) groups is 3. The molecular formula is C15H16O6. The standard InChI is InChI=1S/C15H16O6/c1-10(20-13(17)11-6-4-3-5-7-11)15(14(18)19-2)9-8-12(16)21-15/h3-7,10H,8-9H2,1-2H3/t10-,15+/m0/s1. The second-order valence-corrected chi connectivity index (χ2v) is 4.77. The molecule has 0 aliphatic carbocycles. The molecule has 1 aromatic rings. The van der Waals surface area contributed by atoms with Crippen LogP contribution in [0.4, 0.5) is 0 Å². The number of hydrogen-bond acceptors (Lipinski definition) is 6. The summed E-state index contributed by atoms with van der Waals surface area (Å²) in [4.78, 5) is 35.4. The molecule has 1 aliphatic rings. The summed E-state index contributed by atoms with van der Waals surface area (Å²) < 4.78 is 15.1. The number of cyclic esters (lactones) is 1. The Kier molecular flexibility index (Phi) is 4.26. The zero-order valence-electron chi connectivity index (χ0n) is 11.8. The molecule has 0 unspecified atom stereocenters. The van der Waals surface area contributed by atoms with Gasteiger partial charge in [0.1, 0.15) is 6.10 Å². The maximum absolute atomic E-state index is 12.0. The number of rotatable bonds is 4. The van der Waals surface area contributed by atoms with E-state index in [1.54, 1.807) is 30.3 Å². The van der Waals surface area contributed by atoms with Crippen molar-refractivity contribution in [2.75, 3.05) is 7.11 Å². The third-order valence-electron chi connectivity index (χ3n) is 3.48. The topological polar surface area (TPSA) is 78.9 Å². The highest BCUT2D eigenvalue weighted by Gasteiger charge is 2.54. The van der Waals surface area contributed by atoms with Crippen LogP contribution in [0.5, 0.6) is 0 Å². The third-order valence-corrected chi connectivity index (χ3v) is 3.48. The molecule has 112 valence electrons. The summed E-state index contributed by atoms with van der Waals surface area (Å²) >= 11 is 0. The van der Waals surface area contributed by atoms with Gasteiger partial charge in [0.2, 0.25) is 5.60 Å². The molecule has 6 nitrogen and oxygen atoms in total. The quantitative estimate of drug-likeness (QED) is 0.618. The average Bonchev–Trinajstić information content (AvgIpc) is 2.90. The third kappa shape index (κ3) is 2.89. The van der Waals surface area contributed by atoms with Gasteiger partial charge >= 0.3 is 17.9 Å². The Labute approximate surface area is 122 Å². The Hall–Kier alpha value is -2.37. The smallest absolute Gasteiger partial charge is 0.354 e. The fourth-order valence-electron chi connectivity index (χ4n) is 2.26. The summed E-state index contributed by atoms with van der Waals surface area (Å²) in [7, 11) is 1.20. The molecule has 2 atom stereocenters. The minimum absolute atomic E-state index is 0.0856. The number of benzene rings is 1. The number of carbonyl (C=O) groups excluding carboxylic acids is 3. The van der Waals surface area contributed by atoms with Gasteiger partial charge < -0.3 is 14.2 Å². The van der Waals surface area contributed by atoms with Gasteiger partial charge in [-0.15, -0.1) is 0 Å². The van der Waals surface area contributed by atoms with Gasteiger partial charge in [-0.2, -0.15) is 0 Å². The first kappa shape index (κ1) is 15.0. The zero-order chi connectivity index (χ0) is 15.5. The zero-order valence-corrected chi connectivity index (χ0v) is 11.8. The molecule has 21 heavy (non-hydrogen) atoms. The Balaban J connectivity index is 2.16. The summed E-state index contributed by atoms with van der Waals surface area (Å²) in [5, 5.41) is 0. The fraction of sp³-hybridized carbons (Fsp3) is 0.400. The van der Waals surface area contributed by atoms with E-state index in [0.717, 1.165) is 0 Å². The normalized spacial score (nSPS) is 22.3. The van der Waals surface area contributed by atoms with Gasteiger partial charge in [-0.25, -0.2) is 9.59 Å². The maximum Gasteiger partial charge on any atom is 0.354 e. The van der Waals surface area contributed by atoms with E-state index in [2.05, 4.69) is 4.74 Å². The van der Waals surface area contributed by atoms with E-state index in [0.29, 0.717) is 5.56 Å². The molecule has 2 rings (SSSR count). The minimum Gasteiger partial charge on any atom is -0.466 e. The monoisotopic (exact) mass is 292 g/mol. The average molecular weight is 292 g/mol. The molecule has 0 amide bonds. The van der Waals surface area contributed by atoms with Crippen LogP contribution in [0.15, 0.2) is 30.3 Å². The van der Waals surface area contributed by atoms with Gasteiger partial charge in [0.25, 0.3) is 0 Å². The van der Waals surface area contributed by atoms with Crippen LogP contribution in [0, 0.1) is 0 Å². The molecule has 1 fully saturated rings. The van der Waals surface area contributed by atoms with Crippen molar-refractivity contribution in [3.8, 4) is 0 Å². The van der Waals surface area contributed by atoms with Gasteiger partial charge in [0.15, 0.2) is 0 Å². The molecule has 1 heterocycles. The predicted molar refractivity (Wildman–Crippen MR) is 71.4 cm³/mol. The molecular weight excluding hydrogens is 276 g/mol. The van der Waals surface area contributed by atoms with Crippen LogP contribution in [0.25, 0.3) is 0 Å². The second kappa shape index (κ2) is 5.95. The fourth-order valence-corrected chi connectivity index (χ4v) is 2.26. The molecule has 0 saturated carbocycles. The highest BCUT2D eigenvalue weighted by molar-refractivity contribution is 5.91. The van der Waals surface area contributed by atoms with Crippen molar-refractivity contribution < 1.29 is 28.6 Å². The van der Waals surface area contributed by atoms with Crippen molar-refractivity contribution in [3.05, 3.63) is 35.9 Å². The first-order valence-corrected chi connectivity index (χ1v) is 6.56. The molecule has 0 aromatic heterocycles. The van der Waals surface area contributed by atoms with Crippen LogP contribution in [0.1, 0.15) is 30.1 Å². The van der Waals surface area contributed by atoms with E-state index in [-0.39, 0.29) is 12.8 Å². The lowest BCUT2D eigenvalue weighted by Crippen LogP contribution is -2.50. The van der Waals surface area contributed by atoms with Crippen molar-refractivity contribution in [3.63, 3.8) is 0 Å². The van der Waals surface area contributed by atoms with E-state index in [1.165, 1.54) is 14.0 Å². The van der Waals surface area contributed by atoms with Crippen LogP contribution < -0.4 is 0 Å². The molecule has 1 aliphatic heterocycles. The van der Waals surface area contributed by atoms with Crippen molar-refractivity contribution in [2.45, 2.75) is 31.5 Å². The lowest BCUT2D eigenvalue weighted by molar-refractivity contribution is -0.183. The summed E-state index contributed by atoms with van der Waals surface area (Å²) in [5.74, 6) is -1.82. The van der Waals surface area contributed by atoms with Gasteiger partial charge in [-0.1, -0.05) is 18.2 Å². The Morgan fingerprint density at radius 2 is 1.95 bits per heavy atom. The van der Waals surface area contributed by atoms with Crippen LogP contribution >= 0.6 is 0 Å². The molecule has 0 N–H and O–H groups in total. The molecule has 0 radical (unpaired) electrons. The SMILES string of the molecule is COC(=O)[C@]1([C@H](C)OC(=O)c2ccccc2)CCC(=O)O1. The number of ether oxygens (including phenoxy) is 3. The molecule has 0 spiro atoms. The number of methoxy groups -OCH3 is 1. The van der Waals surface area contributed by atoms with E-state index in [1.807, 2.05) is 0 Å². The highest BCUT2D eigenvalue weighted by Crippen LogP contribution is 2.33. The largest absolute Gasteiger partial charge is 0.466 e. The highest BCUT2D eigenvalue weighted by atomic mass is 16.6. The van der Waals surface area contributed by atoms with Crippen molar-refractivity contribution in [1.82, 2.24) is 0 Å². The van der Waals surface area contributed by atoms with Crippen molar-refractivity contribution in [2.24, 2.45) is 0 Å². The number of hydrogen-bond donors (Lipinski definition) is 0. The Bertz CT molecular complexity index is 553. The molecule has 1 saturated heterocycles. The van der Waals surface area contributed by atoms with E-state index in [9.17, 15) is 14.4 Å². The van der Waals surface area contributed by atoms with Crippen LogP contribution in [-0.4, -0.2) is 36.7 Å². The summed E-state index contributed by atoms with van der Waals surface area (Å²) in [6, 6.07) is 8.37. The van der Waals surface area contributed by atoms with Gasteiger partial charge in [-0.3, -0.25) is 4.79 Å². The summed E-state index contributed by atoms with van der Waals surface area (Å²) in [5.41, 5.74) is -1.20. The number of esters is 3. The van der Waals surface area contributed by atoms with Crippen molar-refractivity contribution >= 4 is 17.9 Å². The first-order chi connectivity index (χ1) is 9.99. The predicted octanol–water partition coefficient (Wildman–Crippen LogP) is 1.48. The minimum atomic E-state index is -1.56. The molecule has 1 aromatic carbocycles. The van der Waals surface area contributed by atoms with Gasteiger partial charge in [-0.05, 0) is 19.1 Å². The lowest BCUT2D eigenvalue weighted by Gasteiger charge is -2.30. The van der Waals surface area contributed by atoms with Crippen LogP contribution in [0.2, 0.25) is 0 Å². The maximum atomic E-state index is 12.0. The summed E-state index contributed by atoms with van der Waals surface area (Å²) in [6.07, 6.45) is -0.728. The lowest BCUT2D eigenvalue weighted by atomic mass is 9.94. The van der Waals surface area contributed by atoms with E-state index < -0.39 is 29.6 Å². The molecule has 0 bridgehead atoms. The van der Waals surface area contributed by atoms with Gasteiger partial charge in [0.05, 0.1) is 19.1 Å². The Morgan fingerprint density at radius 1 is 1.29 bits per heavy atom. The summed E-state index contributed by atoms with van der Waals surface area (Å²) in [6.45, 7) is 1.51. The second-order valence-electron chi connectivity index (χ2n) is 4.77.